The van der Waals surface area contributed by atoms with E-state index in [4.69, 9.17) is 8.83 Å². The minimum atomic E-state index is 0.598. The molecule has 0 saturated heterocycles. The minimum Gasteiger partial charge on any atom is -0.433 e. The maximum atomic E-state index is 6.06. The van der Waals surface area contributed by atoms with Crippen molar-refractivity contribution in [3.63, 3.8) is 0 Å². The second kappa shape index (κ2) is 4.46. The number of furan rings is 2. The van der Waals surface area contributed by atoms with E-state index in [0.717, 1.165) is 21.7 Å². The highest BCUT2D eigenvalue weighted by Gasteiger charge is 2.30. The predicted octanol–water partition coefficient (Wildman–Crippen LogP) is 5.60. The van der Waals surface area contributed by atoms with Crippen LogP contribution in [0.2, 0.25) is 0 Å². The average Bonchev–Trinajstić information content (AvgIpc) is 3.18. The maximum absolute atomic E-state index is 6.06. The molecule has 4 heteroatoms. The van der Waals surface area contributed by atoms with Gasteiger partial charge < -0.3 is 8.83 Å². The van der Waals surface area contributed by atoms with E-state index in [2.05, 4.69) is 55.1 Å². The van der Waals surface area contributed by atoms with Gasteiger partial charge in [0, 0.05) is 26.6 Å². The van der Waals surface area contributed by atoms with Crippen molar-refractivity contribution in [2.75, 3.05) is 0 Å². The third-order valence-corrected chi connectivity index (χ3v) is 6.24. The first-order valence-corrected chi connectivity index (χ1v) is 9.07. The molecule has 2 aromatic carbocycles. The van der Waals surface area contributed by atoms with Crippen molar-refractivity contribution in [3.05, 3.63) is 54.4 Å². The van der Waals surface area contributed by atoms with Gasteiger partial charge in [0.1, 0.15) is 12.6 Å². The molecule has 4 heterocycles. The van der Waals surface area contributed by atoms with Gasteiger partial charge in [-0.05, 0) is 30.7 Å². The topological polar surface area (TPSA) is 30.2 Å². The fourth-order valence-electron chi connectivity index (χ4n) is 4.01. The summed E-state index contributed by atoms with van der Waals surface area (Å²) < 4.78 is 13.8. The molecule has 120 valence electrons. The average molecular weight is 344 g/mol. The highest BCUT2D eigenvalue weighted by Crippen LogP contribution is 2.50. The summed E-state index contributed by atoms with van der Waals surface area (Å²) in [6, 6.07) is 12.9. The van der Waals surface area contributed by atoms with E-state index >= 15 is 0 Å². The van der Waals surface area contributed by atoms with Crippen LogP contribution in [0.3, 0.4) is 0 Å². The molecule has 0 saturated carbocycles. The van der Waals surface area contributed by atoms with Crippen LogP contribution in [0.25, 0.3) is 44.2 Å². The highest BCUT2D eigenvalue weighted by atomic mass is 32.2. The van der Waals surface area contributed by atoms with E-state index < -0.39 is 0 Å². The molecule has 3 aromatic heterocycles. The van der Waals surface area contributed by atoms with Crippen molar-refractivity contribution >= 4 is 44.7 Å². The monoisotopic (exact) mass is 344 g/mol. The zero-order valence-corrected chi connectivity index (χ0v) is 14.6. The second-order valence-electron chi connectivity index (χ2n) is 6.59. The molecule has 6 rings (SSSR count). The van der Waals surface area contributed by atoms with Gasteiger partial charge in [-0.1, -0.05) is 23.9 Å². The van der Waals surface area contributed by atoms with Gasteiger partial charge in [-0.3, -0.25) is 0 Å². The number of fused-ring (bicyclic) bond motifs is 6. The molecule has 0 fully saturated rings. The Morgan fingerprint density at radius 3 is 2.84 bits per heavy atom. The summed E-state index contributed by atoms with van der Waals surface area (Å²) in [6.07, 6.45) is 3.81. The first-order chi connectivity index (χ1) is 12.2. The molecular weight excluding hydrogens is 330 g/mol. The first kappa shape index (κ1) is 13.6. The van der Waals surface area contributed by atoms with E-state index in [-0.39, 0.29) is 0 Å². The van der Waals surface area contributed by atoms with Gasteiger partial charge in [-0.2, -0.15) is 0 Å². The van der Waals surface area contributed by atoms with E-state index in [0.29, 0.717) is 5.78 Å². The summed E-state index contributed by atoms with van der Waals surface area (Å²) >= 11 is 1.84. The summed E-state index contributed by atoms with van der Waals surface area (Å²) in [4.78, 5) is 2.58. The van der Waals surface area contributed by atoms with Crippen molar-refractivity contribution in [3.8, 4) is 11.3 Å². The van der Waals surface area contributed by atoms with Crippen LogP contribution in [0, 0.1) is 6.92 Å². The Morgan fingerprint density at radius 2 is 1.92 bits per heavy atom. The van der Waals surface area contributed by atoms with Crippen molar-refractivity contribution in [2.24, 2.45) is 7.05 Å². The Morgan fingerprint density at radius 1 is 1.00 bits per heavy atom. The minimum absolute atomic E-state index is 0.598. The zero-order valence-electron chi connectivity index (χ0n) is 13.8. The van der Waals surface area contributed by atoms with Crippen LogP contribution < -0.4 is 4.57 Å². The Balaban J connectivity index is 1.89. The van der Waals surface area contributed by atoms with Gasteiger partial charge >= 0.3 is 0 Å². The molecule has 0 atom stereocenters. The normalized spacial score (nSPS) is 13.0. The van der Waals surface area contributed by atoms with E-state index in [1.807, 2.05) is 17.8 Å². The van der Waals surface area contributed by atoms with E-state index in [1.165, 1.54) is 32.0 Å². The number of aromatic nitrogens is 1. The number of hydrogen-bond acceptors (Lipinski definition) is 3. The number of hydrogen-bond donors (Lipinski definition) is 0. The van der Waals surface area contributed by atoms with Crippen LogP contribution in [0.1, 0.15) is 5.56 Å². The fraction of sp³-hybridized carbons (Fsp3) is 0.0952. The quantitative estimate of drug-likeness (QED) is 0.336. The third-order valence-electron chi connectivity index (χ3n) is 5.14. The van der Waals surface area contributed by atoms with Crippen LogP contribution in [-0.2, 0) is 7.05 Å². The lowest BCUT2D eigenvalue weighted by Gasteiger charge is -2.19. The number of rotatable bonds is 0. The van der Waals surface area contributed by atoms with Gasteiger partial charge in [0.15, 0.2) is 6.20 Å². The lowest BCUT2D eigenvalue weighted by atomic mass is 9.97. The van der Waals surface area contributed by atoms with Crippen LogP contribution in [0.5, 0.6) is 0 Å². The molecule has 0 bridgehead atoms. The summed E-state index contributed by atoms with van der Waals surface area (Å²) in [5.74, 6) is 0.598. The third kappa shape index (κ3) is 1.60. The molecule has 0 N–H and O–H groups in total. The number of benzene rings is 2. The van der Waals surface area contributed by atoms with Gasteiger partial charge in [-0.15, -0.1) is 0 Å². The van der Waals surface area contributed by atoms with Gasteiger partial charge in [0.25, 0.3) is 5.78 Å². The molecule has 3 nitrogen and oxygen atoms in total. The predicted molar refractivity (Wildman–Crippen MR) is 99.0 cm³/mol. The van der Waals surface area contributed by atoms with Crippen molar-refractivity contribution in [2.45, 2.75) is 16.7 Å². The fourth-order valence-corrected chi connectivity index (χ4v) is 5.24. The Labute approximate surface area is 147 Å². The number of pyridine rings is 1. The van der Waals surface area contributed by atoms with Gasteiger partial charge in [0.2, 0.25) is 5.69 Å². The van der Waals surface area contributed by atoms with Crippen LogP contribution in [0.15, 0.2) is 67.5 Å². The Bertz CT molecular complexity index is 1340. The van der Waals surface area contributed by atoms with E-state index in [9.17, 15) is 0 Å². The molecule has 0 unspecified atom stereocenters. The zero-order chi connectivity index (χ0) is 16.7. The standard InChI is InChI=1S/C21H14NO2S/c1-11-4-3-5-15-17(11)19-18-13(6-8-22(19)2)20-14(10-16(18)25-15)12-7-9-23-21(12)24-20/h3-10H,1-2H3/q+1. The molecule has 0 spiro atoms. The molecule has 0 radical (unpaired) electrons. The van der Waals surface area contributed by atoms with Crippen molar-refractivity contribution in [1.29, 1.82) is 0 Å². The first-order valence-electron chi connectivity index (χ1n) is 8.25. The lowest BCUT2D eigenvalue weighted by molar-refractivity contribution is -0.659. The highest BCUT2D eigenvalue weighted by molar-refractivity contribution is 7.99. The number of aryl methyl sites for hydroxylation is 2. The molecule has 0 aliphatic carbocycles. The molecule has 5 aromatic rings. The van der Waals surface area contributed by atoms with Crippen molar-refractivity contribution < 1.29 is 13.4 Å². The Kier molecular flexibility index (Phi) is 2.42. The van der Waals surface area contributed by atoms with Gasteiger partial charge in [0.05, 0.1) is 22.6 Å². The Hall–Kier alpha value is -2.72. The summed E-state index contributed by atoms with van der Waals surface area (Å²) in [7, 11) is 2.11. The van der Waals surface area contributed by atoms with Crippen LogP contribution in [-0.4, -0.2) is 0 Å². The molecule has 25 heavy (non-hydrogen) atoms. The number of nitrogens with zero attached hydrogens (tertiary/aromatic N) is 1. The summed E-state index contributed by atoms with van der Waals surface area (Å²) in [5, 5.41) is 4.57. The largest absolute Gasteiger partial charge is 0.433 e. The van der Waals surface area contributed by atoms with Crippen LogP contribution >= 0.6 is 11.8 Å². The SMILES string of the molecule is Cc1cccc2c1-c1c3c(cc4c5ccoc5oc4c3cc[n+]1C)S2. The summed E-state index contributed by atoms with van der Waals surface area (Å²) in [5.41, 5.74) is 4.79. The van der Waals surface area contributed by atoms with E-state index in [1.54, 1.807) is 6.26 Å². The van der Waals surface area contributed by atoms with Gasteiger partial charge in [-0.25, -0.2) is 4.57 Å². The van der Waals surface area contributed by atoms with Crippen LogP contribution in [0.4, 0.5) is 0 Å². The molecule has 1 aliphatic heterocycles. The lowest BCUT2D eigenvalue weighted by Crippen LogP contribution is -2.31. The molecule has 1 aliphatic rings. The van der Waals surface area contributed by atoms with Crippen molar-refractivity contribution in [1.82, 2.24) is 0 Å². The maximum Gasteiger partial charge on any atom is 0.298 e. The molecular formula is C21H14NO2S+. The molecule has 0 amide bonds. The summed E-state index contributed by atoms with van der Waals surface area (Å²) in [6.45, 7) is 2.18. The second-order valence-corrected chi connectivity index (χ2v) is 7.67. The smallest absolute Gasteiger partial charge is 0.298 e.